The van der Waals surface area contributed by atoms with Crippen LogP contribution in [0.4, 0.5) is 0 Å². The Morgan fingerprint density at radius 3 is 2.10 bits per heavy atom. The van der Waals surface area contributed by atoms with Crippen molar-refractivity contribution in [3.05, 3.63) is 41.5 Å². The van der Waals surface area contributed by atoms with E-state index in [0.717, 1.165) is 0 Å². The molecule has 164 valence electrons. The molecule has 0 bridgehead atoms. The van der Waals surface area contributed by atoms with Crippen LogP contribution in [0.5, 0.6) is 0 Å². The van der Waals surface area contributed by atoms with Crippen LogP contribution in [-0.4, -0.2) is 56.5 Å². The summed E-state index contributed by atoms with van der Waals surface area (Å²) < 4.78 is 1.66. The highest BCUT2D eigenvalue weighted by atomic mass is 16.2. The Balaban J connectivity index is 2.04. The normalized spacial score (nSPS) is 23.0. The minimum Gasteiger partial charge on any atom is -0.347 e. The minimum absolute atomic E-state index is 0.0402. The highest BCUT2D eigenvalue weighted by molar-refractivity contribution is 6.01. The summed E-state index contributed by atoms with van der Waals surface area (Å²) in [6.45, 7) is 6.33. The Hall–Kier alpha value is -3.76. The summed E-state index contributed by atoms with van der Waals surface area (Å²) in [6.07, 6.45) is 0. The number of aryl methyl sites for hydroxylation is 1. The summed E-state index contributed by atoms with van der Waals surface area (Å²) in [6, 6.07) is 4.20. The molecule has 1 aliphatic rings. The number of rotatable bonds is 0. The van der Waals surface area contributed by atoms with Gasteiger partial charge < -0.3 is 21.3 Å². The van der Waals surface area contributed by atoms with Gasteiger partial charge in [-0.3, -0.25) is 23.7 Å². The predicted octanol–water partition coefficient (Wildman–Crippen LogP) is -0.667. The Morgan fingerprint density at radius 2 is 1.42 bits per heavy atom. The summed E-state index contributed by atoms with van der Waals surface area (Å²) in [5.74, 6) is -1.02. The maximum atomic E-state index is 12.9. The molecular weight excluding hydrogens is 402 g/mol. The van der Waals surface area contributed by atoms with E-state index in [-0.39, 0.29) is 6.54 Å². The number of hydrogen-bond donors (Lipinski definition) is 4. The Labute approximate surface area is 179 Å². The molecule has 0 saturated heterocycles. The first-order valence-corrected chi connectivity index (χ1v) is 9.88. The van der Waals surface area contributed by atoms with Gasteiger partial charge >= 0.3 is 0 Å². The van der Waals surface area contributed by atoms with Gasteiger partial charge in [-0.1, -0.05) is 12.1 Å². The molecule has 0 aliphatic carbocycles. The number of nitrogens with zero attached hydrogens (tertiary/aromatic N) is 3. The molecule has 4 N–H and O–H groups in total. The fourth-order valence-corrected chi connectivity index (χ4v) is 3.16. The van der Waals surface area contributed by atoms with E-state index in [1.807, 2.05) is 0 Å². The van der Waals surface area contributed by atoms with Crippen LogP contribution in [0.2, 0.25) is 0 Å². The van der Waals surface area contributed by atoms with Crippen LogP contribution < -0.4 is 21.3 Å². The van der Waals surface area contributed by atoms with Crippen molar-refractivity contribution in [1.29, 1.82) is 0 Å². The summed E-state index contributed by atoms with van der Waals surface area (Å²) in [5, 5.41) is 18.6. The highest BCUT2D eigenvalue weighted by Gasteiger charge is 2.26. The van der Waals surface area contributed by atoms with Crippen LogP contribution in [0, 0.1) is 6.92 Å². The molecule has 0 saturated carbocycles. The average molecular weight is 427 g/mol. The first-order chi connectivity index (χ1) is 14.7. The molecule has 11 nitrogen and oxygen atoms in total. The molecule has 2 aromatic rings. The van der Waals surface area contributed by atoms with Crippen molar-refractivity contribution in [3.63, 3.8) is 0 Å². The number of para-hydroxylation sites is 1. The van der Waals surface area contributed by atoms with Crippen molar-refractivity contribution in [2.75, 3.05) is 0 Å². The quantitative estimate of drug-likeness (QED) is 0.439. The fourth-order valence-electron chi connectivity index (χ4n) is 3.16. The zero-order valence-electron chi connectivity index (χ0n) is 17.7. The first-order valence-electron chi connectivity index (χ1n) is 9.88. The summed E-state index contributed by atoms with van der Waals surface area (Å²) in [7, 11) is 0. The van der Waals surface area contributed by atoms with Crippen LogP contribution in [0.3, 0.4) is 0 Å². The van der Waals surface area contributed by atoms with Crippen molar-refractivity contribution < 1.29 is 19.2 Å². The molecule has 11 heteroatoms. The third-order valence-electron chi connectivity index (χ3n) is 4.95. The highest BCUT2D eigenvalue weighted by Crippen LogP contribution is 2.18. The topological polar surface area (TPSA) is 147 Å². The lowest BCUT2D eigenvalue weighted by atomic mass is 10.1. The molecule has 2 heterocycles. The van der Waals surface area contributed by atoms with E-state index in [1.165, 1.54) is 13.8 Å². The van der Waals surface area contributed by atoms with Crippen molar-refractivity contribution in [2.24, 2.45) is 0 Å². The van der Waals surface area contributed by atoms with Gasteiger partial charge in [0.05, 0.1) is 17.8 Å². The van der Waals surface area contributed by atoms with Crippen LogP contribution in [-0.2, 0) is 20.9 Å². The zero-order valence-corrected chi connectivity index (χ0v) is 17.7. The van der Waals surface area contributed by atoms with E-state index in [4.69, 9.17) is 0 Å². The SMILES string of the molecule is Cc1nnc2n1-c1ccccc1C(=O)N[C@@H](C)C(=O)N[C@@H](C)C(=O)N[C@H](C)C(=O)NC2. The largest absolute Gasteiger partial charge is 0.347 e. The number of nitrogens with one attached hydrogen (secondary N) is 4. The van der Waals surface area contributed by atoms with Crippen LogP contribution in [0.25, 0.3) is 5.69 Å². The number of hydrogen-bond acceptors (Lipinski definition) is 6. The number of fused-ring (bicyclic) bond motifs is 3. The molecule has 3 atom stereocenters. The molecule has 0 unspecified atom stereocenters. The fraction of sp³-hybridized carbons (Fsp3) is 0.400. The maximum absolute atomic E-state index is 12.9. The van der Waals surface area contributed by atoms with Gasteiger partial charge in [0.25, 0.3) is 5.91 Å². The smallest absolute Gasteiger partial charge is 0.254 e. The molecule has 0 radical (unpaired) electrons. The maximum Gasteiger partial charge on any atom is 0.254 e. The van der Waals surface area contributed by atoms with Crippen molar-refractivity contribution in [3.8, 4) is 5.69 Å². The Bertz CT molecular complexity index is 1030. The van der Waals surface area contributed by atoms with Gasteiger partial charge in [-0.2, -0.15) is 0 Å². The molecule has 1 aliphatic heterocycles. The van der Waals surface area contributed by atoms with Gasteiger partial charge in [-0.15, -0.1) is 10.2 Å². The van der Waals surface area contributed by atoms with Crippen molar-refractivity contribution in [2.45, 2.75) is 52.4 Å². The number of aromatic nitrogens is 3. The van der Waals surface area contributed by atoms with Gasteiger partial charge in [0.2, 0.25) is 17.7 Å². The van der Waals surface area contributed by atoms with Crippen molar-refractivity contribution in [1.82, 2.24) is 36.0 Å². The van der Waals surface area contributed by atoms with Gasteiger partial charge in [0.15, 0.2) is 5.82 Å². The lowest BCUT2D eigenvalue weighted by Gasteiger charge is -2.22. The van der Waals surface area contributed by atoms with Crippen LogP contribution in [0.1, 0.15) is 42.8 Å². The second-order valence-electron chi connectivity index (χ2n) is 7.39. The summed E-state index contributed by atoms with van der Waals surface area (Å²) in [4.78, 5) is 50.2. The van der Waals surface area contributed by atoms with Gasteiger partial charge in [-0.25, -0.2) is 0 Å². The monoisotopic (exact) mass is 427 g/mol. The van der Waals surface area contributed by atoms with E-state index in [0.29, 0.717) is 22.9 Å². The predicted molar refractivity (Wildman–Crippen MR) is 110 cm³/mol. The molecule has 0 spiro atoms. The number of carbonyl (C=O) groups excluding carboxylic acids is 4. The van der Waals surface area contributed by atoms with E-state index >= 15 is 0 Å². The molecule has 0 fully saturated rings. The van der Waals surface area contributed by atoms with E-state index in [2.05, 4.69) is 31.5 Å². The van der Waals surface area contributed by atoms with Gasteiger partial charge in [0.1, 0.15) is 23.9 Å². The Morgan fingerprint density at radius 1 is 0.839 bits per heavy atom. The molecule has 1 aromatic heterocycles. The second kappa shape index (κ2) is 8.94. The average Bonchev–Trinajstić information content (AvgIpc) is 3.11. The number of benzene rings is 1. The lowest BCUT2D eigenvalue weighted by Crippen LogP contribution is -2.54. The van der Waals surface area contributed by atoms with E-state index in [1.54, 1.807) is 42.7 Å². The molecule has 31 heavy (non-hydrogen) atoms. The molecule has 4 amide bonds. The third kappa shape index (κ3) is 4.71. The second-order valence-corrected chi connectivity index (χ2v) is 7.39. The zero-order chi connectivity index (χ0) is 22.7. The number of amides is 4. The first kappa shape index (κ1) is 21.9. The molecular formula is C20H25N7O4. The van der Waals surface area contributed by atoms with Crippen molar-refractivity contribution >= 4 is 23.6 Å². The van der Waals surface area contributed by atoms with E-state index < -0.39 is 41.8 Å². The standard InChI is InChI=1S/C20H25N7O4/c1-10-17(28)21-9-16-26-25-13(4)27(16)15-8-6-5-7-14(15)20(31)24-12(3)19(30)23-11(2)18(29)22-10/h5-8,10-12H,9H2,1-4H3,(H,21,28)(H,22,29)(H,23,30)(H,24,31)/t10-,11+,12+/m1/s1. The summed E-state index contributed by atoms with van der Waals surface area (Å²) >= 11 is 0. The van der Waals surface area contributed by atoms with Gasteiger partial charge in [0, 0.05) is 0 Å². The summed E-state index contributed by atoms with van der Waals surface area (Å²) in [5.41, 5.74) is 0.824. The van der Waals surface area contributed by atoms with Crippen LogP contribution in [0.15, 0.2) is 24.3 Å². The van der Waals surface area contributed by atoms with Crippen LogP contribution >= 0.6 is 0 Å². The minimum atomic E-state index is -0.897. The Kier molecular flexibility index (Phi) is 6.33. The van der Waals surface area contributed by atoms with E-state index in [9.17, 15) is 19.2 Å². The molecule has 3 rings (SSSR count). The third-order valence-corrected chi connectivity index (χ3v) is 4.95. The van der Waals surface area contributed by atoms with Gasteiger partial charge in [-0.05, 0) is 39.8 Å². The molecule has 1 aromatic carbocycles. The number of carbonyl (C=O) groups is 4. The lowest BCUT2D eigenvalue weighted by molar-refractivity contribution is -0.131.